The van der Waals surface area contributed by atoms with Gasteiger partial charge in [-0.2, -0.15) is 0 Å². The summed E-state index contributed by atoms with van der Waals surface area (Å²) in [5.74, 6) is 0.817. The fraction of sp³-hybridized carbons (Fsp3) is 0.647. The zero-order valence-corrected chi connectivity index (χ0v) is 13.9. The van der Waals surface area contributed by atoms with Crippen molar-refractivity contribution in [1.82, 2.24) is 0 Å². The minimum Gasteiger partial charge on any atom is -0.496 e. The van der Waals surface area contributed by atoms with Crippen LogP contribution in [-0.2, 0) is 9.47 Å². The molecule has 1 rings (SSSR count). The van der Waals surface area contributed by atoms with Gasteiger partial charge in [0.05, 0.1) is 19.3 Å². The summed E-state index contributed by atoms with van der Waals surface area (Å²) in [4.78, 5) is 0. The highest BCUT2D eigenvalue weighted by molar-refractivity contribution is 5.35. The lowest BCUT2D eigenvalue weighted by Gasteiger charge is -2.28. The fourth-order valence-electron chi connectivity index (χ4n) is 2.09. The van der Waals surface area contributed by atoms with Crippen molar-refractivity contribution in [3.63, 3.8) is 0 Å². The SMILES string of the molecule is CCC(N)C(OCCC(C)(C)OC)c1ccccc1OC. The molecule has 0 amide bonds. The van der Waals surface area contributed by atoms with Crippen molar-refractivity contribution in [2.24, 2.45) is 5.73 Å². The molecule has 0 spiro atoms. The molecule has 0 fully saturated rings. The number of methoxy groups -OCH3 is 2. The predicted octanol–water partition coefficient (Wildman–Crippen LogP) is 3.31. The third kappa shape index (κ3) is 5.30. The Morgan fingerprint density at radius 1 is 1.19 bits per heavy atom. The third-order valence-electron chi connectivity index (χ3n) is 3.86. The van der Waals surface area contributed by atoms with Gasteiger partial charge in [-0.05, 0) is 32.8 Å². The molecule has 2 atom stereocenters. The molecule has 120 valence electrons. The molecule has 0 aliphatic heterocycles. The lowest BCUT2D eigenvalue weighted by atomic mass is 9.99. The molecule has 4 nitrogen and oxygen atoms in total. The number of nitrogens with two attached hydrogens (primary N) is 1. The van der Waals surface area contributed by atoms with E-state index < -0.39 is 0 Å². The second kappa shape index (κ2) is 8.37. The number of benzene rings is 1. The van der Waals surface area contributed by atoms with Crippen LogP contribution in [0.2, 0.25) is 0 Å². The number of hydrogen-bond acceptors (Lipinski definition) is 4. The van der Waals surface area contributed by atoms with Gasteiger partial charge >= 0.3 is 0 Å². The van der Waals surface area contributed by atoms with E-state index in [0.29, 0.717) is 6.61 Å². The van der Waals surface area contributed by atoms with Crippen molar-refractivity contribution in [1.29, 1.82) is 0 Å². The normalized spacial score (nSPS) is 14.8. The Morgan fingerprint density at radius 3 is 2.43 bits per heavy atom. The average molecular weight is 295 g/mol. The van der Waals surface area contributed by atoms with Gasteiger partial charge in [-0.15, -0.1) is 0 Å². The zero-order valence-electron chi connectivity index (χ0n) is 13.9. The highest BCUT2D eigenvalue weighted by Gasteiger charge is 2.24. The lowest BCUT2D eigenvalue weighted by molar-refractivity contribution is -0.0336. The van der Waals surface area contributed by atoms with Crippen molar-refractivity contribution in [2.75, 3.05) is 20.8 Å². The van der Waals surface area contributed by atoms with E-state index in [2.05, 4.69) is 6.92 Å². The quantitative estimate of drug-likeness (QED) is 0.759. The molecule has 1 aromatic carbocycles. The van der Waals surface area contributed by atoms with Gasteiger partial charge in [0.25, 0.3) is 0 Å². The highest BCUT2D eigenvalue weighted by Crippen LogP contribution is 2.30. The Labute approximate surface area is 128 Å². The molecule has 21 heavy (non-hydrogen) atoms. The fourth-order valence-corrected chi connectivity index (χ4v) is 2.09. The van der Waals surface area contributed by atoms with Crippen LogP contribution >= 0.6 is 0 Å². The van der Waals surface area contributed by atoms with Gasteiger partial charge in [-0.3, -0.25) is 0 Å². The summed E-state index contributed by atoms with van der Waals surface area (Å²) in [6.45, 7) is 6.76. The Kier molecular flexibility index (Phi) is 7.15. The summed E-state index contributed by atoms with van der Waals surface area (Å²) >= 11 is 0. The molecule has 0 saturated carbocycles. The van der Waals surface area contributed by atoms with Crippen LogP contribution in [0.4, 0.5) is 0 Å². The van der Waals surface area contributed by atoms with Crippen LogP contribution in [0.5, 0.6) is 5.75 Å². The first-order valence-electron chi connectivity index (χ1n) is 7.50. The Hall–Kier alpha value is -1.10. The maximum Gasteiger partial charge on any atom is 0.124 e. The first-order valence-corrected chi connectivity index (χ1v) is 7.50. The molecular weight excluding hydrogens is 266 g/mol. The maximum atomic E-state index is 6.24. The van der Waals surface area contributed by atoms with Crippen molar-refractivity contribution >= 4 is 0 Å². The summed E-state index contributed by atoms with van der Waals surface area (Å²) in [5, 5.41) is 0. The van der Waals surface area contributed by atoms with Crippen LogP contribution < -0.4 is 10.5 Å². The Bertz CT molecular complexity index is 420. The van der Waals surface area contributed by atoms with Crippen molar-refractivity contribution in [3.05, 3.63) is 29.8 Å². The average Bonchev–Trinajstić information content (AvgIpc) is 2.51. The van der Waals surface area contributed by atoms with Crippen LogP contribution in [-0.4, -0.2) is 32.5 Å². The smallest absolute Gasteiger partial charge is 0.124 e. The van der Waals surface area contributed by atoms with Crippen molar-refractivity contribution < 1.29 is 14.2 Å². The molecule has 0 saturated heterocycles. The van der Waals surface area contributed by atoms with Crippen LogP contribution in [0.25, 0.3) is 0 Å². The second-order valence-corrected chi connectivity index (χ2v) is 5.82. The standard InChI is InChI=1S/C17H29NO3/c1-6-14(18)16(21-12-11-17(2,3)20-5)13-9-7-8-10-15(13)19-4/h7-10,14,16H,6,11-12,18H2,1-5H3. The van der Waals surface area contributed by atoms with E-state index >= 15 is 0 Å². The number of hydrogen-bond donors (Lipinski definition) is 1. The van der Waals surface area contributed by atoms with Crippen molar-refractivity contribution in [2.45, 2.75) is 51.4 Å². The van der Waals surface area contributed by atoms with Gasteiger partial charge < -0.3 is 19.9 Å². The largest absolute Gasteiger partial charge is 0.496 e. The van der Waals surface area contributed by atoms with E-state index in [9.17, 15) is 0 Å². The van der Waals surface area contributed by atoms with Gasteiger partial charge in [0.2, 0.25) is 0 Å². The van der Waals surface area contributed by atoms with Gasteiger partial charge in [0.15, 0.2) is 0 Å². The predicted molar refractivity (Wildman–Crippen MR) is 85.7 cm³/mol. The topological polar surface area (TPSA) is 53.7 Å². The van der Waals surface area contributed by atoms with Gasteiger partial charge in [0, 0.05) is 18.7 Å². The number of para-hydroxylation sites is 1. The monoisotopic (exact) mass is 295 g/mol. The van der Waals surface area contributed by atoms with E-state index in [1.807, 2.05) is 38.1 Å². The second-order valence-electron chi connectivity index (χ2n) is 5.82. The van der Waals surface area contributed by atoms with Crippen molar-refractivity contribution in [3.8, 4) is 5.75 Å². The summed E-state index contributed by atoms with van der Waals surface area (Å²) < 4.78 is 16.9. The molecule has 0 radical (unpaired) electrons. The van der Waals surface area contributed by atoms with E-state index in [-0.39, 0.29) is 17.7 Å². The van der Waals surface area contributed by atoms with E-state index in [0.717, 1.165) is 24.2 Å². The van der Waals surface area contributed by atoms with E-state index in [1.165, 1.54) is 0 Å². The molecule has 0 aliphatic carbocycles. The summed E-state index contributed by atoms with van der Waals surface area (Å²) in [6.07, 6.45) is 1.49. The molecule has 2 unspecified atom stereocenters. The molecule has 2 N–H and O–H groups in total. The molecule has 0 bridgehead atoms. The van der Waals surface area contributed by atoms with E-state index in [1.54, 1.807) is 14.2 Å². The number of rotatable bonds is 9. The molecule has 0 aliphatic rings. The molecular formula is C17H29NO3. The maximum absolute atomic E-state index is 6.24. The van der Waals surface area contributed by atoms with Gasteiger partial charge in [0.1, 0.15) is 11.9 Å². The summed E-state index contributed by atoms with van der Waals surface area (Å²) in [7, 11) is 3.39. The minimum atomic E-state index is -0.193. The molecule has 4 heteroatoms. The lowest BCUT2D eigenvalue weighted by Crippen LogP contribution is -2.32. The summed E-state index contributed by atoms with van der Waals surface area (Å²) in [6, 6.07) is 7.82. The minimum absolute atomic E-state index is 0.0630. The van der Waals surface area contributed by atoms with Gasteiger partial charge in [-0.1, -0.05) is 25.1 Å². The van der Waals surface area contributed by atoms with Gasteiger partial charge in [-0.25, -0.2) is 0 Å². The van der Waals surface area contributed by atoms with Crippen LogP contribution in [0.15, 0.2) is 24.3 Å². The molecule has 1 aromatic rings. The first kappa shape index (κ1) is 18.0. The van der Waals surface area contributed by atoms with E-state index in [4.69, 9.17) is 19.9 Å². The highest BCUT2D eigenvalue weighted by atomic mass is 16.5. The Morgan fingerprint density at radius 2 is 1.86 bits per heavy atom. The van der Waals surface area contributed by atoms with Crippen LogP contribution in [0.3, 0.4) is 0 Å². The van der Waals surface area contributed by atoms with Crippen LogP contribution in [0.1, 0.15) is 45.3 Å². The molecule has 0 heterocycles. The first-order chi connectivity index (χ1) is 9.95. The summed E-state index contributed by atoms with van der Waals surface area (Å²) in [5.41, 5.74) is 7.05. The molecule has 0 aromatic heterocycles. The zero-order chi connectivity index (χ0) is 15.9. The number of ether oxygens (including phenoxy) is 3. The Balaban J connectivity index is 2.82. The van der Waals surface area contributed by atoms with Crippen LogP contribution in [0, 0.1) is 0 Å². The third-order valence-corrected chi connectivity index (χ3v) is 3.86.